The highest BCUT2D eigenvalue weighted by Crippen LogP contribution is 2.15. The van der Waals surface area contributed by atoms with E-state index in [0.29, 0.717) is 13.1 Å². The molecule has 130 valence electrons. The van der Waals surface area contributed by atoms with Gasteiger partial charge in [-0.05, 0) is 42.3 Å². The summed E-state index contributed by atoms with van der Waals surface area (Å²) in [6.07, 6.45) is 1.46. The van der Waals surface area contributed by atoms with Crippen LogP contribution in [0.5, 0.6) is 0 Å². The number of nitro groups is 1. The molecule has 25 heavy (non-hydrogen) atoms. The lowest BCUT2D eigenvalue weighted by Gasteiger charge is -2.07. The Morgan fingerprint density at radius 3 is 2.36 bits per heavy atom. The van der Waals surface area contributed by atoms with E-state index in [9.17, 15) is 19.3 Å². The summed E-state index contributed by atoms with van der Waals surface area (Å²) in [5, 5.41) is 16.4. The Bertz CT molecular complexity index is 771. The van der Waals surface area contributed by atoms with E-state index >= 15 is 0 Å². The zero-order valence-electron chi connectivity index (χ0n) is 13.7. The molecule has 2 aromatic rings. The molecule has 0 atom stereocenters. The molecule has 2 rings (SSSR count). The van der Waals surface area contributed by atoms with E-state index in [1.54, 1.807) is 31.2 Å². The summed E-state index contributed by atoms with van der Waals surface area (Å²) in [4.78, 5) is 22.0. The molecule has 6 nitrogen and oxygen atoms in total. The van der Waals surface area contributed by atoms with Crippen molar-refractivity contribution < 1.29 is 14.1 Å². The molecule has 0 aromatic heterocycles. The maximum Gasteiger partial charge on any atom is 0.269 e. The fourth-order valence-electron chi connectivity index (χ4n) is 2.14. The predicted molar refractivity (Wildman–Crippen MR) is 94.6 cm³/mol. The number of benzene rings is 2. The first kappa shape index (κ1) is 18.1. The first-order chi connectivity index (χ1) is 12.0. The molecule has 0 saturated heterocycles. The zero-order valence-corrected chi connectivity index (χ0v) is 13.7. The van der Waals surface area contributed by atoms with Crippen LogP contribution in [0.15, 0.2) is 54.6 Å². The lowest BCUT2D eigenvalue weighted by atomic mass is 10.1. The summed E-state index contributed by atoms with van der Waals surface area (Å²) >= 11 is 0. The second-order valence-corrected chi connectivity index (χ2v) is 5.36. The van der Waals surface area contributed by atoms with Crippen molar-refractivity contribution in [3.8, 4) is 0 Å². The van der Waals surface area contributed by atoms with E-state index in [2.05, 4.69) is 10.6 Å². The molecule has 0 bridgehead atoms. The Kier molecular flexibility index (Phi) is 6.22. The van der Waals surface area contributed by atoms with E-state index in [4.69, 9.17) is 0 Å². The third-order valence-electron chi connectivity index (χ3n) is 3.48. The second kappa shape index (κ2) is 8.58. The van der Waals surface area contributed by atoms with Crippen molar-refractivity contribution in [1.29, 1.82) is 0 Å². The molecule has 0 aliphatic rings. The van der Waals surface area contributed by atoms with Crippen LogP contribution in [-0.4, -0.2) is 23.9 Å². The third kappa shape index (κ3) is 5.72. The molecule has 2 N–H and O–H groups in total. The van der Waals surface area contributed by atoms with Gasteiger partial charge in [0.2, 0.25) is 5.91 Å². The number of non-ortho nitro benzene ring substituents is 1. The molecule has 7 heteroatoms. The summed E-state index contributed by atoms with van der Waals surface area (Å²) in [6.45, 7) is 2.65. The largest absolute Gasteiger partial charge is 0.383 e. The first-order valence-electron chi connectivity index (χ1n) is 7.66. The Morgan fingerprint density at radius 2 is 1.76 bits per heavy atom. The number of halogens is 1. The van der Waals surface area contributed by atoms with Gasteiger partial charge in [0.25, 0.3) is 5.69 Å². The Balaban J connectivity index is 1.77. The lowest BCUT2D eigenvalue weighted by molar-refractivity contribution is -0.384. The van der Waals surface area contributed by atoms with Crippen LogP contribution < -0.4 is 10.6 Å². The topological polar surface area (TPSA) is 84.3 Å². The van der Waals surface area contributed by atoms with Crippen LogP contribution in [0.25, 0.3) is 5.57 Å². The fraction of sp³-hybridized carbons (Fsp3) is 0.167. The van der Waals surface area contributed by atoms with E-state index in [1.165, 1.54) is 30.3 Å². The summed E-state index contributed by atoms with van der Waals surface area (Å²) < 4.78 is 12.9. The molecule has 0 fully saturated rings. The van der Waals surface area contributed by atoms with Crippen LogP contribution in [0.2, 0.25) is 0 Å². The molecule has 0 radical (unpaired) electrons. The van der Waals surface area contributed by atoms with Gasteiger partial charge in [-0.1, -0.05) is 12.1 Å². The van der Waals surface area contributed by atoms with E-state index in [-0.39, 0.29) is 17.4 Å². The standard InChI is InChI=1S/C18H18FN3O3/c1-13(14-2-4-15(19)5-3-14)12-18(23)21-11-10-20-16-6-8-17(9-7-16)22(24)25/h2-9,12,20H,10-11H2,1H3,(H,21,23)/b13-12+. The molecule has 2 aromatic carbocycles. The number of carbonyl (C=O) groups is 1. The summed E-state index contributed by atoms with van der Waals surface area (Å²) in [6, 6.07) is 12.0. The van der Waals surface area contributed by atoms with Crippen molar-refractivity contribution in [2.75, 3.05) is 18.4 Å². The molecule has 0 aliphatic carbocycles. The van der Waals surface area contributed by atoms with Gasteiger partial charge in [-0.25, -0.2) is 4.39 Å². The minimum atomic E-state index is -0.459. The van der Waals surface area contributed by atoms with Crippen LogP contribution in [0.4, 0.5) is 15.8 Å². The molecule has 0 heterocycles. The fourth-order valence-corrected chi connectivity index (χ4v) is 2.14. The SMILES string of the molecule is C/C(=C\C(=O)NCCNc1ccc([N+](=O)[O-])cc1)c1ccc(F)cc1. The summed E-state index contributed by atoms with van der Waals surface area (Å²) in [5.41, 5.74) is 2.28. The average Bonchev–Trinajstić information content (AvgIpc) is 2.59. The maximum atomic E-state index is 12.9. The number of nitrogens with one attached hydrogen (secondary N) is 2. The number of rotatable bonds is 7. The first-order valence-corrected chi connectivity index (χ1v) is 7.66. The van der Waals surface area contributed by atoms with Crippen LogP contribution in [0.1, 0.15) is 12.5 Å². The van der Waals surface area contributed by atoms with Crippen molar-refractivity contribution >= 4 is 22.9 Å². The van der Waals surface area contributed by atoms with Crippen molar-refractivity contribution in [3.63, 3.8) is 0 Å². The Hall–Kier alpha value is -3.22. The molecular weight excluding hydrogens is 325 g/mol. The quantitative estimate of drug-likeness (QED) is 0.349. The van der Waals surface area contributed by atoms with Crippen LogP contribution in [0, 0.1) is 15.9 Å². The number of anilines is 1. The molecular formula is C18H18FN3O3. The average molecular weight is 343 g/mol. The number of amides is 1. The molecule has 1 amide bonds. The van der Waals surface area contributed by atoms with Gasteiger partial charge in [-0.15, -0.1) is 0 Å². The van der Waals surface area contributed by atoms with Gasteiger partial charge in [0, 0.05) is 37.0 Å². The third-order valence-corrected chi connectivity index (χ3v) is 3.48. The van der Waals surface area contributed by atoms with E-state index in [0.717, 1.165) is 16.8 Å². The smallest absolute Gasteiger partial charge is 0.269 e. The van der Waals surface area contributed by atoms with Crippen LogP contribution in [-0.2, 0) is 4.79 Å². The van der Waals surface area contributed by atoms with Crippen molar-refractivity contribution in [1.82, 2.24) is 5.32 Å². The van der Waals surface area contributed by atoms with Gasteiger partial charge in [-0.3, -0.25) is 14.9 Å². The highest BCUT2D eigenvalue weighted by molar-refractivity contribution is 5.94. The van der Waals surface area contributed by atoms with E-state index < -0.39 is 4.92 Å². The van der Waals surface area contributed by atoms with Gasteiger partial charge < -0.3 is 10.6 Å². The Morgan fingerprint density at radius 1 is 1.12 bits per heavy atom. The molecule has 0 aliphatic heterocycles. The number of allylic oxidation sites excluding steroid dienone is 1. The highest BCUT2D eigenvalue weighted by Gasteiger charge is 2.04. The molecule has 0 saturated carbocycles. The van der Waals surface area contributed by atoms with Crippen molar-refractivity contribution in [2.24, 2.45) is 0 Å². The predicted octanol–water partition coefficient (Wildman–Crippen LogP) is 3.37. The number of hydrogen-bond donors (Lipinski definition) is 2. The molecule has 0 unspecified atom stereocenters. The normalized spacial score (nSPS) is 11.0. The van der Waals surface area contributed by atoms with Crippen molar-refractivity contribution in [2.45, 2.75) is 6.92 Å². The van der Waals surface area contributed by atoms with Gasteiger partial charge in [0.05, 0.1) is 4.92 Å². The zero-order chi connectivity index (χ0) is 18.2. The minimum absolute atomic E-state index is 0.0280. The highest BCUT2D eigenvalue weighted by atomic mass is 19.1. The van der Waals surface area contributed by atoms with Gasteiger partial charge in [-0.2, -0.15) is 0 Å². The van der Waals surface area contributed by atoms with Gasteiger partial charge in [0.1, 0.15) is 5.82 Å². The second-order valence-electron chi connectivity index (χ2n) is 5.36. The molecule has 0 spiro atoms. The number of nitrogens with zero attached hydrogens (tertiary/aromatic N) is 1. The van der Waals surface area contributed by atoms with Gasteiger partial charge in [0.15, 0.2) is 0 Å². The number of nitro benzene ring substituents is 1. The summed E-state index contributed by atoms with van der Waals surface area (Å²) in [5.74, 6) is -0.564. The minimum Gasteiger partial charge on any atom is -0.383 e. The number of carbonyl (C=O) groups excluding carboxylic acids is 1. The Labute approximate surface area is 144 Å². The lowest BCUT2D eigenvalue weighted by Crippen LogP contribution is -2.27. The van der Waals surface area contributed by atoms with E-state index in [1.807, 2.05) is 0 Å². The number of hydrogen-bond acceptors (Lipinski definition) is 4. The maximum absolute atomic E-state index is 12.9. The van der Waals surface area contributed by atoms with Crippen molar-refractivity contribution in [3.05, 3.63) is 76.1 Å². The van der Waals surface area contributed by atoms with Crippen LogP contribution >= 0.6 is 0 Å². The summed E-state index contributed by atoms with van der Waals surface area (Å²) in [7, 11) is 0. The van der Waals surface area contributed by atoms with Gasteiger partial charge >= 0.3 is 0 Å². The monoisotopic (exact) mass is 343 g/mol. The van der Waals surface area contributed by atoms with Crippen LogP contribution in [0.3, 0.4) is 0 Å².